The third kappa shape index (κ3) is 10.8. The van der Waals surface area contributed by atoms with E-state index in [1.807, 2.05) is 42.5 Å². The molecule has 11 heteroatoms. The van der Waals surface area contributed by atoms with Crippen LogP contribution in [-0.4, -0.2) is 61.6 Å². The zero-order valence-corrected chi connectivity index (χ0v) is 24.9. The molecule has 0 aromatic heterocycles. The van der Waals surface area contributed by atoms with Gasteiger partial charge in [-0.3, -0.25) is 24.0 Å². The van der Waals surface area contributed by atoms with Crippen molar-refractivity contribution in [3.05, 3.63) is 65.2 Å². The molecule has 0 bridgehead atoms. The van der Waals surface area contributed by atoms with Gasteiger partial charge in [0.1, 0.15) is 12.1 Å². The maximum Gasteiger partial charge on any atom is 0.246 e. The highest BCUT2D eigenvalue weighted by Crippen LogP contribution is 2.25. The Bertz CT molecular complexity index is 1210. The molecule has 1 aliphatic rings. The maximum absolute atomic E-state index is 13.4. The quantitative estimate of drug-likeness (QED) is 0.215. The number of carbonyl (C=O) groups excluding carboxylic acids is 4. The van der Waals surface area contributed by atoms with E-state index in [-0.39, 0.29) is 26.0 Å². The molecule has 0 saturated heterocycles. The van der Waals surface area contributed by atoms with Crippen LogP contribution in [0.3, 0.4) is 0 Å². The smallest absolute Gasteiger partial charge is 0.246 e. The molecule has 2 aromatic rings. The Morgan fingerprint density at radius 3 is 2.40 bits per heavy atom. The molecule has 0 fully saturated rings. The summed E-state index contributed by atoms with van der Waals surface area (Å²) >= 11 is 0. The molecule has 4 amide bonds. The molecule has 1 aliphatic heterocycles. The van der Waals surface area contributed by atoms with E-state index in [0.29, 0.717) is 6.42 Å². The number of fused-ring (bicyclic) bond motifs is 1. The number of amides is 4. The average Bonchev–Trinajstić information content (AvgIpc) is 2.97. The van der Waals surface area contributed by atoms with E-state index in [9.17, 15) is 19.2 Å². The van der Waals surface area contributed by atoms with Gasteiger partial charge in [-0.2, -0.15) is 0 Å². The number of para-hydroxylation sites is 1. The van der Waals surface area contributed by atoms with Gasteiger partial charge in [-0.25, -0.2) is 5.48 Å². The standard InChI is InChI=1S/C31H43N5O6/c1-31(2,3)42-36-27(38)18-24(34-26(37)16-15-21-10-6-5-7-11-21)30(40)35-25(20-41-4)29(39)33-19-23-13-8-12-22-14-9-17-32-28(22)23/h5-8,10-13,24-25,32H,9,14-20H2,1-4H3,(H,33,39)(H,34,37)(H,35,40)(H,36,38). The van der Waals surface area contributed by atoms with E-state index < -0.39 is 41.3 Å². The van der Waals surface area contributed by atoms with E-state index in [2.05, 4.69) is 32.8 Å². The van der Waals surface area contributed by atoms with E-state index in [4.69, 9.17) is 9.57 Å². The first-order valence-electron chi connectivity index (χ1n) is 14.3. The Morgan fingerprint density at radius 1 is 0.929 bits per heavy atom. The van der Waals surface area contributed by atoms with Gasteiger partial charge in [0.25, 0.3) is 0 Å². The number of hydroxylamine groups is 1. The van der Waals surface area contributed by atoms with Gasteiger partial charge in [0, 0.05) is 32.3 Å². The molecular weight excluding hydrogens is 538 g/mol. The monoisotopic (exact) mass is 581 g/mol. The summed E-state index contributed by atoms with van der Waals surface area (Å²) < 4.78 is 5.20. The summed E-state index contributed by atoms with van der Waals surface area (Å²) in [5.74, 6) is -2.14. The highest BCUT2D eigenvalue weighted by Gasteiger charge is 2.29. The molecule has 11 nitrogen and oxygen atoms in total. The second-order valence-corrected chi connectivity index (χ2v) is 11.3. The first kappa shape index (κ1) is 32.6. The fourth-order valence-corrected chi connectivity index (χ4v) is 4.47. The second kappa shape index (κ2) is 15.9. The Hall–Kier alpha value is -3.96. The van der Waals surface area contributed by atoms with Crippen LogP contribution in [-0.2, 0) is 48.1 Å². The maximum atomic E-state index is 13.4. The van der Waals surface area contributed by atoms with Crippen molar-refractivity contribution in [3.63, 3.8) is 0 Å². The minimum absolute atomic E-state index is 0.100. The summed E-state index contributed by atoms with van der Waals surface area (Å²) in [5.41, 5.74) is 5.82. The lowest BCUT2D eigenvalue weighted by atomic mass is 9.99. The van der Waals surface area contributed by atoms with Gasteiger partial charge in [0.15, 0.2) is 0 Å². The van der Waals surface area contributed by atoms with Gasteiger partial charge in [0.2, 0.25) is 23.6 Å². The molecule has 0 saturated carbocycles. The number of hydrogen-bond donors (Lipinski definition) is 5. The average molecular weight is 582 g/mol. The van der Waals surface area contributed by atoms with Crippen molar-refractivity contribution in [1.82, 2.24) is 21.4 Å². The van der Waals surface area contributed by atoms with Crippen LogP contribution < -0.4 is 26.7 Å². The number of hydrogen-bond acceptors (Lipinski definition) is 7. The van der Waals surface area contributed by atoms with Crippen molar-refractivity contribution < 1.29 is 28.8 Å². The van der Waals surface area contributed by atoms with Crippen molar-refractivity contribution in [3.8, 4) is 0 Å². The summed E-state index contributed by atoms with van der Waals surface area (Å²) in [6, 6.07) is 13.1. The highest BCUT2D eigenvalue weighted by molar-refractivity contribution is 5.94. The Labute approximate surface area is 247 Å². The molecule has 42 heavy (non-hydrogen) atoms. The predicted octanol–water partition coefficient (Wildman–Crippen LogP) is 2.15. The first-order valence-corrected chi connectivity index (χ1v) is 14.3. The van der Waals surface area contributed by atoms with Crippen LogP contribution in [0.25, 0.3) is 0 Å². The zero-order chi connectivity index (χ0) is 30.5. The van der Waals surface area contributed by atoms with Crippen LogP contribution in [0.1, 0.15) is 56.7 Å². The number of ether oxygens (including phenoxy) is 1. The molecule has 2 unspecified atom stereocenters. The van der Waals surface area contributed by atoms with Crippen LogP contribution in [0, 0.1) is 0 Å². The predicted molar refractivity (Wildman–Crippen MR) is 159 cm³/mol. The van der Waals surface area contributed by atoms with Crippen LogP contribution in [0.15, 0.2) is 48.5 Å². The van der Waals surface area contributed by atoms with Gasteiger partial charge in [-0.1, -0.05) is 48.5 Å². The van der Waals surface area contributed by atoms with E-state index in [1.165, 1.54) is 12.7 Å². The van der Waals surface area contributed by atoms with Crippen molar-refractivity contribution in [2.45, 2.75) is 77.1 Å². The topological polar surface area (TPSA) is 147 Å². The van der Waals surface area contributed by atoms with Gasteiger partial charge in [-0.15, -0.1) is 0 Å². The number of nitrogens with one attached hydrogen (secondary N) is 5. The number of rotatable bonds is 14. The van der Waals surface area contributed by atoms with E-state index >= 15 is 0 Å². The van der Waals surface area contributed by atoms with E-state index in [0.717, 1.165) is 36.2 Å². The van der Waals surface area contributed by atoms with Crippen molar-refractivity contribution >= 4 is 29.3 Å². The largest absolute Gasteiger partial charge is 0.385 e. The lowest BCUT2D eigenvalue weighted by molar-refractivity contribution is -0.147. The molecule has 2 atom stereocenters. The van der Waals surface area contributed by atoms with Crippen LogP contribution >= 0.6 is 0 Å². The highest BCUT2D eigenvalue weighted by atomic mass is 16.7. The molecule has 0 aliphatic carbocycles. The Kier molecular flexibility index (Phi) is 12.3. The minimum Gasteiger partial charge on any atom is -0.385 e. The molecule has 0 radical (unpaired) electrons. The fourth-order valence-electron chi connectivity index (χ4n) is 4.47. The normalized spacial score (nSPS) is 14.0. The zero-order valence-electron chi connectivity index (χ0n) is 24.9. The van der Waals surface area contributed by atoms with Crippen molar-refractivity contribution in [2.75, 3.05) is 25.6 Å². The van der Waals surface area contributed by atoms with E-state index in [1.54, 1.807) is 20.8 Å². The number of benzene rings is 2. The Morgan fingerprint density at radius 2 is 1.69 bits per heavy atom. The molecule has 1 heterocycles. The molecule has 0 spiro atoms. The molecular formula is C31H43N5O6. The number of aryl methyl sites for hydroxylation is 2. The molecule has 228 valence electrons. The number of methoxy groups -OCH3 is 1. The third-order valence-corrected chi connectivity index (χ3v) is 6.58. The molecule has 3 rings (SSSR count). The number of anilines is 1. The van der Waals surface area contributed by atoms with Crippen LogP contribution in [0.5, 0.6) is 0 Å². The van der Waals surface area contributed by atoms with Crippen LogP contribution in [0.2, 0.25) is 0 Å². The molecule has 5 N–H and O–H groups in total. The van der Waals surface area contributed by atoms with Gasteiger partial charge in [0.05, 0.1) is 18.6 Å². The summed E-state index contributed by atoms with van der Waals surface area (Å²) in [7, 11) is 1.42. The SMILES string of the molecule is COCC(NC(=O)C(CC(=O)NOC(C)(C)C)NC(=O)CCc1ccccc1)C(=O)NCc1cccc2c1NCCC2. The summed E-state index contributed by atoms with van der Waals surface area (Å²) in [6.07, 6.45) is 2.22. The van der Waals surface area contributed by atoms with Crippen molar-refractivity contribution in [1.29, 1.82) is 0 Å². The lowest BCUT2D eigenvalue weighted by Gasteiger charge is -2.24. The van der Waals surface area contributed by atoms with Gasteiger partial charge < -0.3 is 26.0 Å². The van der Waals surface area contributed by atoms with Gasteiger partial charge >= 0.3 is 0 Å². The minimum atomic E-state index is -1.24. The third-order valence-electron chi connectivity index (χ3n) is 6.58. The summed E-state index contributed by atoms with van der Waals surface area (Å²) in [4.78, 5) is 57.2. The summed E-state index contributed by atoms with van der Waals surface area (Å²) in [5, 5.41) is 11.6. The number of carbonyl (C=O) groups is 4. The van der Waals surface area contributed by atoms with Crippen molar-refractivity contribution in [2.24, 2.45) is 0 Å². The lowest BCUT2D eigenvalue weighted by Crippen LogP contribution is -2.56. The first-order chi connectivity index (χ1) is 20.1. The second-order valence-electron chi connectivity index (χ2n) is 11.3. The Balaban J connectivity index is 1.65. The summed E-state index contributed by atoms with van der Waals surface area (Å²) in [6.45, 7) is 6.31. The van der Waals surface area contributed by atoms with Gasteiger partial charge in [-0.05, 0) is 56.7 Å². The molecule has 2 aromatic carbocycles. The van der Waals surface area contributed by atoms with Crippen LogP contribution in [0.4, 0.5) is 5.69 Å². The fraction of sp³-hybridized carbons (Fsp3) is 0.484.